The molecule has 1 aromatic heterocycles. The minimum atomic E-state index is -5.07. The van der Waals surface area contributed by atoms with Gasteiger partial charge in [-0.25, -0.2) is 18.7 Å². The van der Waals surface area contributed by atoms with Gasteiger partial charge in [0.05, 0.1) is 0 Å². The Balaban J connectivity index is 2.40. The van der Waals surface area contributed by atoms with Crippen molar-refractivity contribution in [3.05, 3.63) is 53.5 Å². The van der Waals surface area contributed by atoms with Crippen LogP contribution in [0.15, 0.2) is 30.6 Å². The van der Waals surface area contributed by atoms with E-state index < -0.39 is 46.8 Å². The van der Waals surface area contributed by atoms with Crippen molar-refractivity contribution in [1.29, 1.82) is 0 Å². The number of hydrogen-bond acceptors (Lipinski definition) is 4. The molecule has 2 rings (SSSR count). The maximum absolute atomic E-state index is 13.6. The molecule has 0 unspecified atom stereocenters. The van der Waals surface area contributed by atoms with Gasteiger partial charge in [-0.1, -0.05) is 12.1 Å². The van der Waals surface area contributed by atoms with Crippen LogP contribution in [-0.2, 0) is 0 Å². The lowest BCUT2D eigenvalue weighted by atomic mass is 10.1. The lowest BCUT2D eigenvalue weighted by Crippen LogP contribution is -2.39. The lowest BCUT2D eigenvalue weighted by molar-refractivity contribution is -0.155. The van der Waals surface area contributed by atoms with Crippen molar-refractivity contribution in [2.24, 2.45) is 0 Å². The average molecular weight is 332 g/mol. The van der Waals surface area contributed by atoms with Crippen LogP contribution < -0.4 is 11.1 Å². The molecule has 2 aromatic rings. The molecule has 0 bridgehead atoms. The first-order valence-corrected chi connectivity index (χ1v) is 6.09. The van der Waals surface area contributed by atoms with Crippen LogP contribution in [0.3, 0.4) is 0 Å². The molecular weight excluding hydrogens is 323 g/mol. The molecule has 0 radical (unpaired) electrons. The number of nitrogens with zero attached hydrogens (tertiary/aromatic N) is 2. The van der Waals surface area contributed by atoms with Gasteiger partial charge in [-0.3, -0.25) is 4.79 Å². The maximum Gasteiger partial charge on any atom is 0.412 e. The molecule has 1 atom stereocenters. The molecule has 1 aromatic carbocycles. The van der Waals surface area contributed by atoms with E-state index in [9.17, 15) is 26.7 Å². The number of carbonyl (C=O) groups is 1. The van der Waals surface area contributed by atoms with E-state index in [-0.39, 0.29) is 0 Å². The third kappa shape index (κ3) is 3.52. The normalized spacial score (nSPS) is 12.7. The van der Waals surface area contributed by atoms with Crippen molar-refractivity contribution in [3.63, 3.8) is 0 Å². The minimum absolute atomic E-state index is 0.398. The van der Waals surface area contributed by atoms with Crippen LogP contribution in [0, 0.1) is 11.6 Å². The second-order valence-electron chi connectivity index (χ2n) is 4.38. The van der Waals surface area contributed by atoms with E-state index in [2.05, 4.69) is 9.97 Å². The molecule has 0 saturated heterocycles. The van der Waals surface area contributed by atoms with Gasteiger partial charge in [-0.15, -0.1) is 0 Å². The summed E-state index contributed by atoms with van der Waals surface area (Å²) in [5, 5.41) is 1.55. The molecule has 10 heteroatoms. The van der Waals surface area contributed by atoms with Gasteiger partial charge >= 0.3 is 6.18 Å². The second kappa shape index (κ2) is 6.15. The van der Waals surface area contributed by atoms with Crippen molar-refractivity contribution in [1.82, 2.24) is 15.3 Å². The number of amides is 1. The van der Waals surface area contributed by atoms with Crippen LogP contribution in [0.5, 0.6) is 0 Å². The Morgan fingerprint density at radius 1 is 1.17 bits per heavy atom. The molecule has 23 heavy (non-hydrogen) atoms. The largest absolute Gasteiger partial charge is 0.412 e. The summed E-state index contributed by atoms with van der Waals surface area (Å²) in [6.07, 6.45) is -2.88. The Hall–Kier alpha value is -2.78. The van der Waals surface area contributed by atoms with Crippen LogP contribution in [0.2, 0.25) is 0 Å². The highest BCUT2D eigenvalue weighted by Gasteiger charge is 2.44. The van der Waals surface area contributed by atoms with E-state index >= 15 is 0 Å². The van der Waals surface area contributed by atoms with Crippen molar-refractivity contribution in [2.45, 2.75) is 12.2 Å². The van der Waals surface area contributed by atoms with E-state index in [1.54, 1.807) is 5.32 Å². The quantitative estimate of drug-likeness (QED) is 0.846. The van der Waals surface area contributed by atoms with Crippen molar-refractivity contribution >= 4 is 11.7 Å². The van der Waals surface area contributed by atoms with Gasteiger partial charge in [-0.05, 0) is 6.07 Å². The number of aromatic nitrogens is 2. The summed E-state index contributed by atoms with van der Waals surface area (Å²) in [7, 11) is 0. The first-order valence-electron chi connectivity index (χ1n) is 6.09. The number of anilines is 1. The highest BCUT2D eigenvalue weighted by atomic mass is 19.4. The van der Waals surface area contributed by atoms with Crippen LogP contribution in [-0.4, -0.2) is 22.1 Å². The monoisotopic (exact) mass is 332 g/mol. The van der Waals surface area contributed by atoms with Gasteiger partial charge in [-0.2, -0.15) is 13.2 Å². The molecular formula is C13H9F5N4O. The molecule has 1 heterocycles. The molecule has 5 nitrogen and oxygen atoms in total. The summed E-state index contributed by atoms with van der Waals surface area (Å²) in [4.78, 5) is 18.9. The Labute approximate surface area is 126 Å². The van der Waals surface area contributed by atoms with Crippen LogP contribution in [0.1, 0.15) is 22.1 Å². The molecule has 122 valence electrons. The highest BCUT2D eigenvalue weighted by Crippen LogP contribution is 2.34. The van der Waals surface area contributed by atoms with Gasteiger partial charge in [0.1, 0.15) is 0 Å². The fourth-order valence-electron chi connectivity index (χ4n) is 1.80. The van der Waals surface area contributed by atoms with Gasteiger partial charge < -0.3 is 11.1 Å². The fourth-order valence-corrected chi connectivity index (χ4v) is 1.80. The third-order valence-corrected chi connectivity index (χ3v) is 2.84. The number of nitrogens with two attached hydrogens (primary N) is 1. The van der Waals surface area contributed by atoms with E-state index in [0.29, 0.717) is 6.07 Å². The van der Waals surface area contributed by atoms with Crippen LogP contribution >= 0.6 is 0 Å². The molecule has 1 amide bonds. The van der Waals surface area contributed by atoms with E-state index in [0.717, 1.165) is 24.5 Å². The first kappa shape index (κ1) is 16.6. The molecule has 0 aliphatic carbocycles. The smallest absolute Gasteiger partial charge is 0.382 e. The molecule has 0 fully saturated rings. The van der Waals surface area contributed by atoms with Gasteiger partial charge in [0.25, 0.3) is 5.91 Å². The zero-order chi connectivity index (χ0) is 17.2. The van der Waals surface area contributed by atoms with Crippen molar-refractivity contribution in [3.8, 4) is 0 Å². The van der Waals surface area contributed by atoms with Crippen LogP contribution in [0.25, 0.3) is 0 Å². The molecule has 0 saturated carbocycles. The Morgan fingerprint density at radius 3 is 2.43 bits per heavy atom. The Bertz CT molecular complexity index is 735. The van der Waals surface area contributed by atoms with E-state index in [1.165, 1.54) is 0 Å². The fraction of sp³-hybridized carbons (Fsp3) is 0.154. The summed E-state index contributed by atoms with van der Waals surface area (Å²) in [5.41, 5.74) is 3.73. The molecule has 3 N–H and O–H groups in total. The number of carbonyl (C=O) groups excluding carboxylic acids is 1. The average Bonchev–Trinajstić information content (AvgIpc) is 2.47. The van der Waals surface area contributed by atoms with Crippen molar-refractivity contribution in [2.75, 3.05) is 5.73 Å². The van der Waals surface area contributed by atoms with Gasteiger partial charge in [0, 0.05) is 18.0 Å². The standard InChI is InChI=1S/C13H9F5N4O/c14-7-3-1-2-6(8(7)15)10(13(16,17)18)22-12(23)9-11(19)21-5-4-20-9/h1-5,10H,(H2,19,21)(H,22,23)/t10-/m0/s1. The minimum Gasteiger partial charge on any atom is -0.382 e. The Morgan fingerprint density at radius 2 is 1.83 bits per heavy atom. The predicted molar refractivity (Wildman–Crippen MR) is 69.1 cm³/mol. The Kier molecular flexibility index (Phi) is 4.43. The summed E-state index contributed by atoms with van der Waals surface area (Å²) < 4.78 is 66.2. The summed E-state index contributed by atoms with van der Waals surface area (Å²) >= 11 is 0. The molecule has 0 aliphatic rings. The molecule has 0 aliphatic heterocycles. The zero-order valence-electron chi connectivity index (χ0n) is 11.2. The number of benzene rings is 1. The summed E-state index contributed by atoms with van der Waals surface area (Å²) in [5.74, 6) is -4.89. The van der Waals surface area contributed by atoms with Gasteiger partial charge in [0.15, 0.2) is 29.2 Å². The highest BCUT2D eigenvalue weighted by molar-refractivity contribution is 5.96. The van der Waals surface area contributed by atoms with Crippen LogP contribution in [0.4, 0.5) is 27.8 Å². The van der Waals surface area contributed by atoms with Crippen molar-refractivity contribution < 1.29 is 26.7 Å². The van der Waals surface area contributed by atoms with E-state index in [1.807, 2.05) is 0 Å². The summed E-state index contributed by atoms with van der Waals surface area (Å²) in [6.45, 7) is 0. The van der Waals surface area contributed by atoms with Gasteiger partial charge in [0.2, 0.25) is 0 Å². The lowest BCUT2D eigenvalue weighted by Gasteiger charge is -2.22. The molecule has 0 spiro atoms. The SMILES string of the molecule is Nc1nccnc1C(=O)N[C@@H](c1cccc(F)c1F)C(F)(F)F. The van der Waals surface area contributed by atoms with E-state index in [4.69, 9.17) is 5.73 Å². The number of hydrogen-bond donors (Lipinski definition) is 2. The third-order valence-electron chi connectivity index (χ3n) is 2.84. The predicted octanol–water partition coefficient (Wildman–Crippen LogP) is 2.37. The zero-order valence-corrected chi connectivity index (χ0v) is 11.2. The maximum atomic E-state index is 13.6. The number of nitrogens with one attached hydrogen (secondary N) is 1. The topological polar surface area (TPSA) is 80.9 Å². The number of nitrogen functional groups attached to an aromatic ring is 1. The number of alkyl halides is 3. The number of halogens is 5. The first-order chi connectivity index (χ1) is 10.7. The second-order valence-corrected chi connectivity index (χ2v) is 4.38. The number of rotatable bonds is 3. The summed E-state index contributed by atoms with van der Waals surface area (Å²) in [6, 6.07) is -0.492.